The van der Waals surface area contributed by atoms with Crippen molar-refractivity contribution in [2.24, 2.45) is 17.1 Å². The van der Waals surface area contributed by atoms with E-state index < -0.39 is 23.2 Å². The monoisotopic (exact) mass is 297 g/mol. The second-order valence-corrected chi connectivity index (χ2v) is 6.34. The molecule has 1 aliphatic carbocycles. The van der Waals surface area contributed by atoms with Crippen LogP contribution >= 0.6 is 0 Å². The van der Waals surface area contributed by atoms with Crippen LogP contribution in [0.2, 0.25) is 0 Å². The van der Waals surface area contributed by atoms with Crippen molar-refractivity contribution in [2.45, 2.75) is 51.6 Å². The van der Waals surface area contributed by atoms with Crippen molar-refractivity contribution in [3.8, 4) is 0 Å². The predicted molar refractivity (Wildman–Crippen MR) is 79.7 cm³/mol. The molecule has 1 aliphatic rings. The molecule has 1 aromatic rings. The van der Waals surface area contributed by atoms with E-state index in [1.165, 1.54) is 18.6 Å². The number of hydrogen-bond acceptors (Lipinski definition) is 2. The average molecular weight is 297 g/mol. The van der Waals surface area contributed by atoms with E-state index in [2.05, 4.69) is 6.92 Å². The Morgan fingerprint density at radius 3 is 2.57 bits per heavy atom. The Morgan fingerprint density at radius 1 is 1.33 bits per heavy atom. The number of aliphatic hydroxyl groups excluding tert-OH is 1. The summed E-state index contributed by atoms with van der Waals surface area (Å²) in [6.45, 7) is 2.46. The lowest BCUT2D eigenvalue weighted by Crippen LogP contribution is -2.40. The highest BCUT2D eigenvalue weighted by atomic mass is 19.2. The normalized spacial score (nSPS) is 27.6. The standard InChI is InChI=1S/C17H25F2NO/c1-2-4-12-7-9-17(11-20,10-8-12)16(21)13-5-3-6-14(18)15(13)19/h3,5-6,12,16,21H,2,4,7-11,20H2,1H3. The maximum absolute atomic E-state index is 13.9. The number of rotatable bonds is 5. The summed E-state index contributed by atoms with van der Waals surface area (Å²) >= 11 is 0. The van der Waals surface area contributed by atoms with Gasteiger partial charge in [-0.25, -0.2) is 8.78 Å². The van der Waals surface area contributed by atoms with Gasteiger partial charge in [-0.1, -0.05) is 31.9 Å². The molecule has 0 heterocycles. The summed E-state index contributed by atoms with van der Waals surface area (Å²) in [5, 5.41) is 10.6. The molecule has 3 N–H and O–H groups in total. The highest BCUT2D eigenvalue weighted by Crippen LogP contribution is 2.48. The minimum absolute atomic E-state index is 0.0365. The van der Waals surface area contributed by atoms with E-state index in [0.29, 0.717) is 12.5 Å². The molecule has 0 spiro atoms. The summed E-state index contributed by atoms with van der Waals surface area (Å²) in [4.78, 5) is 0. The van der Waals surface area contributed by atoms with Gasteiger partial charge in [0.05, 0.1) is 6.10 Å². The molecule has 0 aliphatic heterocycles. The number of halogens is 2. The number of aliphatic hydroxyl groups is 1. The van der Waals surface area contributed by atoms with Crippen LogP contribution in [0.25, 0.3) is 0 Å². The van der Waals surface area contributed by atoms with Crippen LogP contribution in [-0.4, -0.2) is 11.7 Å². The summed E-state index contributed by atoms with van der Waals surface area (Å²) < 4.78 is 27.3. The Balaban J connectivity index is 2.19. The maximum atomic E-state index is 13.9. The van der Waals surface area contributed by atoms with Gasteiger partial charge in [0.25, 0.3) is 0 Å². The Labute approximate surface area is 125 Å². The van der Waals surface area contributed by atoms with Crippen LogP contribution in [0.3, 0.4) is 0 Å². The van der Waals surface area contributed by atoms with Gasteiger partial charge in [0.2, 0.25) is 0 Å². The summed E-state index contributed by atoms with van der Waals surface area (Å²) in [5.41, 5.74) is 5.42. The molecule has 1 unspecified atom stereocenters. The summed E-state index contributed by atoms with van der Waals surface area (Å²) in [6.07, 6.45) is 4.84. The lowest BCUT2D eigenvalue weighted by atomic mass is 9.65. The fourth-order valence-corrected chi connectivity index (χ4v) is 3.60. The third-order valence-corrected chi connectivity index (χ3v) is 5.06. The second kappa shape index (κ2) is 6.84. The van der Waals surface area contributed by atoms with Gasteiger partial charge in [-0.2, -0.15) is 0 Å². The molecule has 1 saturated carbocycles. The molecule has 0 aromatic heterocycles. The number of hydrogen-bond donors (Lipinski definition) is 2. The van der Waals surface area contributed by atoms with Crippen molar-refractivity contribution < 1.29 is 13.9 Å². The van der Waals surface area contributed by atoms with E-state index in [9.17, 15) is 13.9 Å². The molecular formula is C17H25F2NO. The molecule has 4 heteroatoms. The molecule has 0 amide bonds. The molecule has 0 radical (unpaired) electrons. The minimum Gasteiger partial charge on any atom is -0.388 e. The van der Waals surface area contributed by atoms with Gasteiger partial charge in [0.15, 0.2) is 11.6 Å². The van der Waals surface area contributed by atoms with E-state index in [0.717, 1.165) is 38.2 Å². The summed E-state index contributed by atoms with van der Waals surface area (Å²) in [7, 11) is 0. The minimum atomic E-state index is -1.04. The third kappa shape index (κ3) is 3.27. The second-order valence-electron chi connectivity index (χ2n) is 6.34. The van der Waals surface area contributed by atoms with Crippen LogP contribution in [0.15, 0.2) is 18.2 Å². The van der Waals surface area contributed by atoms with Crippen LogP contribution in [-0.2, 0) is 0 Å². The van der Waals surface area contributed by atoms with Crippen LogP contribution in [0.4, 0.5) is 8.78 Å². The fraction of sp³-hybridized carbons (Fsp3) is 0.647. The molecule has 2 nitrogen and oxygen atoms in total. The molecule has 0 bridgehead atoms. The predicted octanol–water partition coefficient (Wildman–Crippen LogP) is 3.93. The van der Waals surface area contributed by atoms with E-state index in [4.69, 9.17) is 5.73 Å². The van der Waals surface area contributed by atoms with E-state index in [1.54, 1.807) is 0 Å². The average Bonchev–Trinajstić information content (AvgIpc) is 2.51. The van der Waals surface area contributed by atoms with Crippen LogP contribution < -0.4 is 5.73 Å². The lowest BCUT2D eigenvalue weighted by molar-refractivity contribution is -0.0132. The molecule has 21 heavy (non-hydrogen) atoms. The lowest BCUT2D eigenvalue weighted by Gasteiger charge is -2.43. The highest BCUT2D eigenvalue weighted by Gasteiger charge is 2.41. The van der Waals surface area contributed by atoms with Crippen LogP contribution in [0.1, 0.15) is 57.1 Å². The zero-order valence-corrected chi connectivity index (χ0v) is 12.6. The first-order valence-electron chi connectivity index (χ1n) is 7.86. The van der Waals surface area contributed by atoms with Gasteiger partial charge in [-0.3, -0.25) is 0 Å². The van der Waals surface area contributed by atoms with Crippen molar-refractivity contribution >= 4 is 0 Å². The third-order valence-electron chi connectivity index (χ3n) is 5.06. The van der Waals surface area contributed by atoms with Crippen molar-refractivity contribution in [1.82, 2.24) is 0 Å². The molecule has 0 saturated heterocycles. The summed E-state index contributed by atoms with van der Waals surface area (Å²) in [5.74, 6) is -1.20. The van der Waals surface area contributed by atoms with Gasteiger partial charge in [0, 0.05) is 17.5 Å². The van der Waals surface area contributed by atoms with Crippen LogP contribution in [0, 0.1) is 23.0 Å². The van der Waals surface area contributed by atoms with Gasteiger partial charge >= 0.3 is 0 Å². The van der Waals surface area contributed by atoms with E-state index >= 15 is 0 Å². The molecule has 2 rings (SSSR count). The maximum Gasteiger partial charge on any atom is 0.164 e. The molecule has 1 fully saturated rings. The Kier molecular flexibility index (Phi) is 5.33. The van der Waals surface area contributed by atoms with Gasteiger partial charge < -0.3 is 10.8 Å². The largest absolute Gasteiger partial charge is 0.388 e. The summed E-state index contributed by atoms with van der Waals surface area (Å²) in [6, 6.07) is 3.96. The quantitative estimate of drug-likeness (QED) is 0.865. The zero-order valence-electron chi connectivity index (χ0n) is 12.6. The Hall–Kier alpha value is -1.00. The highest BCUT2D eigenvalue weighted by molar-refractivity contribution is 5.23. The number of nitrogens with two attached hydrogens (primary N) is 1. The van der Waals surface area contributed by atoms with Crippen molar-refractivity contribution in [3.63, 3.8) is 0 Å². The van der Waals surface area contributed by atoms with Gasteiger partial charge in [0.1, 0.15) is 0 Å². The molecule has 118 valence electrons. The zero-order chi connectivity index (χ0) is 15.5. The Bertz CT molecular complexity index is 470. The Morgan fingerprint density at radius 2 is 2.00 bits per heavy atom. The molecular weight excluding hydrogens is 272 g/mol. The van der Waals surface area contributed by atoms with Gasteiger partial charge in [-0.05, 0) is 37.7 Å². The van der Waals surface area contributed by atoms with Crippen molar-refractivity contribution in [2.75, 3.05) is 6.54 Å². The first-order chi connectivity index (χ1) is 10.0. The molecule has 1 aromatic carbocycles. The fourth-order valence-electron chi connectivity index (χ4n) is 3.60. The molecule has 1 atom stereocenters. The SMILES string of the molecule is CCCC1CCC(CN)(C(O)c2cccc(F)c2F)CC1. The van der Waals surface area contributed by atoms with E-state index in [-0.39, 0.29) is 5.56 Å². The van der Waals surface area contributed by atoms with Crippen LogP contribution in [0.5, 0.6) is 0 Å². The first kappa shape index (κ1) is 16.4. The topological polar surface area (TPSA) is 46.2 Å². The first-order valence-corrected chi connectivity index (χ1v) is 7.86. The van der Waals surface area contributed by atoms with Crippen molar-refractivity contribution in [1.29, 1.82) is 0 Å². The van der Waals surface area contributed by atoms with E-state index in [1.807, 2.05) is 0 Å². The van der Waals surface area contributed by atoms with Gasteiger partial charge in [-0.15, -0.1) is 0 Å². The number of benzene rings is 1. The smallest absolute Gasteiger partial charge is 0.164 e. The van der Waals surface area contributed by atoms with Crippen molar-refractivity contribution in [3.05, 3.63) is 35.4 Å².